The van der Waals surface area contributed by atoms with E-state index in [-0.39, 0.29) is 0 Å². The van der Waals surface area contributed by atoms with Gasteiger partial charge in [0.05, 0.1) is 0 Å². The first-order valence-corrected chi connectivity index (χ1v) is 22.7. The van der Waals surface area contributed by atoms with Crippen LogP contribution in [0.5, 0.6) is 0 Å². The van der Waals surface area contributed by atoms with Gasteiger partial charge in [-0.3, -0.25) is 0 Å². The highest BCUT2D eigenvalue weighted by Crippen LogP contribution is 2.26. The lowest BCUT2D eigenvalue weighted by Crippen LogP contribution is -2.01. The van der Waals surface area contributed by atoms with E-state index in [0.717, 1.165) is 11.8 Å². The van der Waals surface area contributed by atoms with Crippen molar-refractivity contribution in [3.8, 4) is 0 Å². The average molecular weight is 649 g/mol. The van der Waals surface area contributed by atoms with Crippen LogP contribution in [0.2, 0.25) is 0 Å². The van der Waals surface area contributed by atoms with Gasteiger partial charge in [-0.1, -0.05) is 286 Å². The summed E-state index contributed by atoms with van der Waals surface area (Å²) >= 11 is 0. The van der Waals surface area contributed by atoms with Crippen LogP contribution in [-0.4, -0.2) is 0 Å². The fourth-order valence-electron chi connectivity index (χ4n) is 7.44. The van der Waals surface area contributed by atoms with Crippen LogP contribution in [0.25, 0.3) is 0 Å². The van der Waals surface area contributed by atoms with Gasteiger partial charge in [-0.05, 0) is 11.8 Å². The van der Waals surface area contributed by atoms with Gasteiger partial charge in [0.2, 0.25) is 0 Å². The molecule has 0 aromatic rings. The summed E-state index contributed by atoms with van der Waals surface area (Å²) in [6.07, 6.45) is 55.7. The Morgan fingerprint density at radius 3 is 0.478 bits per heavy atom. The summed E-state index contributed by atoms with van der Waals surface area (Å²) in [5, 5.41) is 0. The summed E-state index contributed by atoms with van der Waals surface area (Å²) in [4.78, 5) is 0. The predicted molar refractivity (Wildman–Crippen MR) is 216 cm³/mol. The molecule has 0 aliphatic rings. The molecule has 0 aliphatic heterocycles. The standard InChI is InChI=1S/2C23H48/c2*1-4-7-10-13-15-18-21-23(20-17-12-9-6-3)22-19-16-14-11-8-5-2/h2*23H,4-22H2,1-3H3. The van der Waals surface area contributed by atoms with E-state index < -0.39 is 0 Å². The maximum absolute atomic E-state index is 2.32. The molecule has 0 nitrogen and oxygen atoms in total. The van der Waals surface area contributed by atoms with E-state index >= 15 is 0 Å². The zero-order chi connectivity index (χ0) is 34.0. The minimum absolute atomic E-state index is 1.05. The Hall–Kier alpha value is 0. The molecule has 0 heterocycles. The Kier molecular flexibility index (Phi) is 47.1. The molecule has 0 aliphatic carbocycles. The van der Waals surface area contributed by atoms with Crippen molar-refractivity contribution in [2.45, 2.75) is 286 Å². The summed E-state index contributed by atoms with van der Waals surface area (Å²) in [5.74, 6) is 2.09. The molecule has 0 aromatic heterocycles. The van der Waals surface area contributed by atoms with Crippen molar-refractivity contribution in [1.29, 1.82) is 0 Å². The topological polar surface area (TPSA) is 0 Å². The van der Waals surface area contributed by atoms with Crippen LogP contribution in [0, 0.1) is 11.8 Å². The molecule has 280 valence electrons. The van der Waals surface area contributed by atoms with Crippen molar-refractivity contribution in [3.05, 3.63) is 0 Å². The van der Waals surface area contributed by atoms with Gasteiger partial charge in [-0.15, -0.1) is 0 Å². The molecule has 0 atom stereocenters. The lowest BCUT2D eigenvalue weighted by atomic mass is 9.89. The first kappa shape index (κ1) is 48.1. The Balaban J connectivity index is 0. The molecule has 0 heteroatoms. The SMILES string of the molecule is CCCCCCCCC(CCCCCC)CCCCCCCC.CCCCCCCCC(CCCCCC)CCCCCCCC. The van der Waals surface area contributed by atoms with Gasteiger partial charge in [0.1, 0.15) is 0 Å². The minimum Gasteiger partial charge on any atom is -0.0654 e. The molecule has 0 amide bonds. The summed E-state index contributed by atoms with van der Waals surface area (Å²) in [6.45, 7) is 13.9. The normalized spacial score (nSPS) is 11.5. The number of rotatable bonds is 38. The third kappa shape index (κ3) is 42.0. The molecule has 0 radical (unpaired) electrons. The van der Waals surface area contributed by atoms with E-state index in [1.807, 2.05) is 0 Å². The Morgan fingerprint density at radius 2 is 0.304 bits per heavy atom. The molecule has 0 saturated heterocycles. The molecule has 0 aromatic carbocycles. The van der Waals surface area contributed by atoms with E-state index in [9.17, 15) is 0 Å². The number of hydrogen-bond donors (Lipinski definition) is 0. The first-order valence-electron chi connectivity index (χ1n) is 22.7. The van der Waals surface area contributed by atoms with Gasteiger partial charge in [0.25, 0.3) is 0 Å². The van der Waals surface area contributed by atoms with E-state index in [2.05, 4.69) is 41.5 Å². The largest absolute Gasteiger partial charge is 0.0654 e. The van der Waals surface area contributed by atoms with Gasteiger partial charge in [0.15, 0.2) is 0 Å². The van der Waals surface area contributed by atoms with Crippen molar-refractivity contribution in [2.24, 2.45) is 11.8 Å². The van der Waals surface area contributed by atoms with Crippen molar-refractivity contribution in [2.75, 3.05) is 0 Å². The van der Waals surface area contributed by atoms with Crippen LogP contribution in [0.3, 0.4) is 0 Å². The van der Waals surface area contributed by atoms with Gasteiger partial charge in [-0.25, -0.2) is 0 Å². The first-order chi connectivity index (χ1) is 22.7. The fourth-order valence-corrected chi connectivity index (χ4v) is 7.44. The molecular formula is C46H96. The van der Waals surface area contributed by atoms with Crippen LogP contribution < -0.4 is 0 Å². The van der Waals surface area contributed by atoms with E-state index in [1.54, 1.807) is 0 Å². The Morgan fingerprint density at radius 1 is 0.174 bits per heavy atom. The molecule has 0 fully saturated rings. The second kappa shape index (κ2) is 45.0. The lowest BCUT2D eigenvalue weighted by Gasteiger charge is -2.17. The Labute approximate surface area is 296 Å². The second-order valence-electron chi connectivity index (χ2n) is 15.7. The maximum atomic E-state index is 2.32. The van der Waals surface area contributed by atoms with Gasteiger partial charge in [-0.2, -0.15) is 0 Å². The molecule has 46 heavy (non-hydrogen) atoms. The lowest BCUT2D eigenvalue weighted by molar-refractivity contribution is 0.366. The van der Waals surface area contributed by atoms with Crippen LogP contribution in [0.4, 0.5) is 0 Å². The summed E-state index contributed by atoms with van der Waals surface area (Å²) in [6, 6.07) is 0. The molecule has 0 bridgehead atoms. The van der Waals surface area contributed by atoms with Crippen LogP contribution in [0.15, 0.2) is 0 Å². The predicted octanol–water partition coefficient (Wildman–Crippen LogP) is 18.1. The summed E-state index contributed by atoms with van der Waals surface area (Å²) in [7, 11) is 0. The molecule has 0 rings (SSSR count). The van der Waals surface area contributed by atoms with Crippen molar-refractivity contribution in [3.63, 3.8) is 0 Å². The number of unbranched alkanes of at least 4 members (excludes halogenated alkanes) is 26. The van der Waals surface area contributed by atoms with Crippen LogP contribution in [0.1, 0.15) is 286 Å². The highest BCUT2D eigenvalue weighted by Gasteiger charge is 2.10. The molecular weight excluding hydrogens is 553 g/mol. The van der Waals surface area contributed by atoms with E-state index in [4.69, 9.17) is 0 Å². The highest BCUT2D eigenvalue weighted by molar-refractivity contribution is 4.63. The summed E-state index contributed by atoms with van der Waals surface area (Å²) < 4.78 is 0. The smallest absolute Gasteiger partial charge is 0.0414 e. The third-order valence-electron chi connectivity index (χ3n) is 10.8. The Bertz CT molecular complexity index is 404. The van der Waals surface area contributed by atoms with E-state index in [1.165, 1.54) is 244 Å². The van der Waals surface area contributed by atoms with Crippen LogP contribution in [-0.2, 0) is 0 Å². The minimum atomic E-state index is 1.05. The fraction of sp³-hybridized carbons (Fsp3) is 1.00. The highest BCUT2D eigenvalue weighted by atomic mass is 14.2. The molecule has 0 saturated carbocycles. The zero-order valence-electron chi connectivity index (χ0n) is 34.0. The molecule has 0 unspecified atom stereocenters. The third-order valence-corrected chi connectivity index (χ3v) is 10.8. The van der Waals surface area contributed by atoms with E-state index in [0.29, 0.717) is 0 Å². The zero-order valence-corrected chi connectivity index (χ0v) is 34.0. The maximum Gasteiger partial charge on any atom is -0.0414 e. The molecule has 0 N–H and O–H groups in total. The second-order valence-corrected chi connectivity index (χ2v) is 15.7. The summed E-state index contributed by atoms with van der Waals surface area (Å²) in [5.41, 5.74) is 0. The number of hydrogen-bond acceptors (Lipinski definition) is 0. The van der Waals surface area contributed by atoms with Crippen molar-refractivity contribution >= 4 is 0 Å². The van der Waals surface area contributed by atoms with Crippen molar-refractivity contribution < 1.29 is 0 Å². The van der Waals surface area contributed by atoms with Crippen LogP contribution >= 0.6 is 0 Å². The quantitative estimate of drug-likeness (QED) is 0.0584. The average Bonchev–Trinajstić information content (AvgIpc) is 3.07. The van der Waals surface area contributed by atoms with Gasteiger partial charge < -0.3 is 0 Å². The molecule has 0 spiro atoms. The monoisotopic (exact) mass is 649 g/mol. The van der Waals surface area contributed by atoms with Gasteiger partial charge in [0, 0.05) is 0 Å². The van der Waals surface area contributed by atoms with Crippen molar-refractivity contribution in [1.82, 2.24) is 0 Å². The van der Waals surface area contributed by atoms with Gasteiger partial charge >= 0.3 is 0 Å².